The van der Waals surface area contributed by atoms with Gasteiger partial charge in [-0.05, 0) is 19.4 Å². The fourth-order valence-corrected chi connectivity index (χ4v) is 1.68. The average Bonchev–Trinajstić information content (AvgIpc) is 2.79. The third-order valence-electron chi connectivity index (χ3n) is 2.52. The van der Waals surface area contributed by atoms with E-state index in [9.17, 15) is 10.1 Å². The van der Waals surface area contributed by atoms with Gasteiger partial charge in [0.2, 0.25) is 0 Å². The number of pyridine rings is 1. The molecule has 1 aliphatic rings. The largest absolute Gasteiger partial charge is 0.490 e. The number of nitrogens with one attached hydrogen (secondary N) is 1. The molecule has 2 heterocycles. The van der Waals surface area contributed by atoms with E-state index in [-0.39, 0.29) is 5.69 Å². The molecule has 16 heavy (non-hydrogen) atoms. The zero-order valence-corrected chi connectivity index (χ0v) is 8.76. The summed E-state index contributed by atoms with van der Waals surface area (Å²) in [6.07, 6.45) is 4.94. The molecule has 0 radical (unpaired) electrons. The van der Waals surface area contributed by atoms with Gasteiger partial charge in [-0.3, -0.25) is 15.1 Å². The van der Waals surface area contributed by atoms with E-state index in [1.54, 1.807) is 0 Å². The molecular weight excluding hydrogens is 210 g/mol. The van der Waals surface area contributed by atoms with E-state index < -0.39 is 4.92 Å². The van der Waals surface area contributed by atoms with Crippen LogP contribution in [-0.2, 0) is 0 Å². The smallest absolute Gasteiger partial charge is 0.291 e. The first-order valence-corrected chi connectivity index (χ1v) is 5.21. The van der Waals surface area contributed by atoms with E-state index >= 15 is 0 Å². The lowest BCUT2D eigenvalue weighted by atomic mass is 10.2. The summed E-state index contributed by atoms with van der Waals surface area (Å²) >= 11 is 0. The zero-order chi connectivity index (χ0) is 11.4. The number of ether oxygens (including phenoxy) is 1. The van der Waals surface area contributed by atoms with Crippen LogP contribution in [0.5, 0.6) is 5.75 Å². The van der Waals surface area contributed by atoms with Crippen molar-refractivity contribution < 1.29 is 9.66 Å². The summed E-state index contributed by atoms with van der Waals surface area (Å²) < 4.78 is 5.45. The molecule has 1 saturated heterocycles. The highest BCUT2D eigenvalue weighted by Crippen LogP contribution is 2.17. The third-order valence-corrected chi connectivity index (χ3v) is 2.52. The highest BCUT2D eigenvalue weighted by atomic mass is 16.6. The van der Waals surface area contributed by atoms with Crippen LogP contribution in [0.1, 0.15) is 12.8 Å². The van der Waals surface area contributed by atoms with E-state index in [1.165, 1.54) is 18.5 Å². The topological polar surface area (TPSA) is 77.3 Å². The summed E-state index contributed by atoms with van der Waals surface area (Å²) in [6, 6.07) is 1.74. The van der Waals surface area contributed by atoms with Gasteiger partial charge in [0, 0.05) is 6.04 Å². The van der Waals surface area contributed by atoms with Crippen molar-refractivity contribution in [2.45, 2.75) is 18.9 Å². The minimum atomic E-state index is -0.478. The summed E-state index contributed by atoms with van der Waals surface area (Å²) in [5.41, 5.74) is -0.0446. The molecule has 86 valence electrons. The SMILES string of the molecule is O=[N+]([O-])c1cncc(OC[C@H]2CCCN2)c1. The molecule has 1 fully saturated rings. The van der Waals surface area contributed by atoms with Gasteiger partial charge in [0.05, 0.1) is 17.2 Å². The lowest BCUT2D eigenvalue weighted by molar-refractivity contribution is -0.385. The molecule has 0 bridgehead atoms. The van der Waals surface area contributed by atoms with Crippen LogP contribution in [0.25, 0.3) is 0 Å². The fourth-order valence-electron chi connectivity index (χ4n) is 1.68. The molecule has 1 aromatic heterocycles. The van der Waals surface area contributed by atoms with Gasteiger partial charge in [-0.1, -0.05) is 0 Å². The lowest BCUT2D eigenvalue weighted by Gasteiger charge is -2.11. The van der Waals surface area contributed by atoms with Crippen LogP contribution in [0.2, 0.25) is 0 Å². The standard InChI is InChI=1S/C10H13N3O3/c14-13(15)9-4-10(6-11-5-9)16-7-8-2-1-3-12-8/h4-6,8,12H,1-3,7H2/t8-/m1/s1. The molecule has 0 unspecified atom stereocenters. The van der Waals surface area contributed by atoms with Crippen LogP contribution < -0.4 is 10.1 Å². The minimum absolute atomic E-state index is 0.0446. The molecular formula is C10H13N3O3. The van der Waals surface area contributed by atoms with E-state index in [0.717, 1.165) is 19.4 Å². The van der Waals surface area contributed by atoms with Crippen LogP contribution in [-0.4, -0.2) is 29.1 Å². The van der Waals surface area contributed by atoms with Gasteiger partial charge in [0.15, 0.2) is 0 Å². The molecule has 6 heteroatoms. The van der Waals surface area contributed by atoms with E-state index in [4.69, 9.17) is 4.74 Å². The Morgan fingerprint density at radius 3 is 3.19 bits per heavy atom. The van der Waals surface area contributed by atoms with Crippen LogP contribution in [0.15, 0.2) is 18.5 Å². The first-order valence-electron chi connectivity index (χ1n) is 5.21. The molecule has 0 amide bonds. The Balaban J connectivity index is 1.93. The second-order valence-corrected chi connectivity index (χ2v) is 3.74. The maximum absolute atomic E-state index is 10.5. The maximum Gasteiger partial charge on any atom is 0.291 e. The molecule has 0 aromatic carbocycles. The minimum Gasteiger partial charge on any atom is -0.490 e. The molecule has 1 N–H and O–H groups in total. The van der Waals surface area contributed by atoms with Gasteiger partial charge < -0.3 is 10.1 Å². The lowest BCUT2D eigenvalue weighted by Crippen LogP contribution is -2.28. The van der Waals surface area contributed by atoms with Crippen LogP contribution in [0.3, 0.4) is 0 Å². The number of hydrogen-bond acceptors (Lipinski definition) is 5. The normalized spacial score (nSPS) is 19.6. The molecule has 0 saturated carbocycles. The second-order valence-electron chi connectivity index (χ2n) is 3.74. The molecule has 0 aliphatic carbocycles. The molecule has 0 spiro atoms. The first kappa shape index (κ1) is 10.8. The Morgan fingerprint density at radius 2 is 2.50 bits per heavy atom. The summed E-state index contributed by atoms with van der Waals surface area (Å²) in [6.45, 7) is 1.55. The van der Waals surface area contributed by atoms with Crippen molar-refractivity contribution in [3.63, 3.8) is 0 Å². The van der Waals surface area contributed by atoms with Crippen molar-refractivity contribution in [1.82, 2.24) is 10.3 Å². The molecule has 2 rings (SSSR count). The summed E-state index contributed by atoms with van der Waals surface area (Å²) in [5.74, 6) is 0.447. The molecule has 1 atom stereocenters. The third kappa shape index (κ3) is 2.66. The second kappa shape index (κ2) is 4.89. The van der Waals surface area contributed by atoms with Gasteiger partial charge in [-0.25, -0.2) is 0 Å². The van der Waals surface area contributed by atoms with E-state index in [2.05, 4.69) is 10.3 Å². The van der Waals surface area contributed by atoms with Crippen molar-refractivity contribution in [2.75, 3.05) is 13.2 Å². The summed E-state index contributed by atoms with van der Waals surface area (Å²) in [4.78, 5) is 13.8. The summed E-state index contributed by atoms with van der Waals surface area (Å²) in [7, 11) is 0. The van der Waals surface area contributed by atoms with Gasteiger partial charge in [0.1, 0.15) is 18.6 Å². The van der Waals surface area contributed by atoms with E-state index in [1.807, 2.05) is 0 Å². The maximum atomic E-state index is 10.5. The Kier molecular flexibility index (Phi) is 3.31. The van der Waals surface area contributed by atoms with Gasteiger partial charge in [0.25, 0.3) is 5.69 Å². The van der Waals surface area contributed by atoms with Crippen LogP contribution in [0.4, 0.5) is 5.69 Å². The number of nitro groups is 1. The molecule has 1 aliphatic heterocycles. The predicted octanol–water partition coefficient (Wildman–Crippen LogP) is 1.12. The highest BCUT2D eigenvalue weighted by molar-refractivity contribution is 5.33. The Labute approximate surface area is 92.8 Å². The monoisotopic (exact) mass is 223 g/mol. The predicted molar refractivity (Wildman–Crippen MR) is 57.4 cm³/mol. The van der Waals surface area contributed by atoms with Gasteiger partial charge in [-0.2, -0.15) is 0 Å². The number of hydrogen-bond donors (Lipinski definition) is 1. The van der Waals surface area contributed by atoms with E-state index in [0.29, 0.717) is 18.4 Å². The quantitative estimate of drug-likeness (QED) is 0.611. The zero-order valence-electron chi connectivity index (χ0n) is 8.76. The van der Waals surface area contributed by atoms with Crippen molar-refractivity contribution in [3.05, 3.63) is 28.6 Å². The van der Waals surface area contributed by atoms with Crippen molar-refractivity contribution in [3.8, 4) is 5.75 Å². The molecule has 6 nitrogen and oxygen atoms in total. The van der Waals surface area contributed by atoms with Gasteiger partial charge in [-0.15, -0.1) is 0 Å². The van der Waals surface area contributed by atoms with Crippen LogP contribution in [0, 0.1) is 10.1 Å². The summed E-state index contributed by atoms with van der Waals surface area (Å²) in [5, 5.41) is 13.8. The Bertz CT molecular complexity index is 377. The average molecular weight is 223 g/mol. The number of nitrogens with zero attached hydrogens (tertiary/aromatic N) is 2. The number of aromatic nitrogens is 1. The fraction of sp³-hybridized carbons (Fsp3) is 0.500. The highest BCUT2D eigenvalue weighted by Gasteiger charge is 2.15. The van der Waals surface area contributed by atoms with Crippen molar-refractivity contribution >= 4 is 5.69 Å². The Morgan fingerprint density at radius 1 is 1.62 bits per heavy atom. The van der Waals surface area contributed by atoms with Crippen molar-refractivity contribution in [2.24, 2.45) is 0 Å². The molecule has 1 aromatic rings. The van der Waals surface area contributed by atoms with Gasteiger partial charge >= 0.3 is 0 Å². The van der Waals surface area contributed by atoms with Crippen LogP contribution >= 0.6 is 0 Å². The Hall–Kier alpha value is -1.69. The number of rotatable bonds is 4. The van der Waals surface area contributed by atoms with Crippen molar-refractivity contribution in [1.29, 1.82) is 0 Å². The first-order chi connectivity index (χ1) is 7.75.